The molecule has 0 saturated heterocycles. The first-order chi connectivity index (χ1) is 16.0. The summed E-state index contributed by atoms with van der Waals surface area (Å²) in [7, 11) is 0. The number of benzene rings is 3. The summed E-state index contributed by atoms with van der Waals surface area (Å²) in [6, 6.07) is 23.1. The largest absolute Gasteiger partial charge is 0.350 e. The molecule has 4 nitrogen and oxygen atoms in total. The number of hydrogen-bond acceptors (Lipinski definition) is 2. The smallest absolute Gasteiger partial charge is 0.243 e. The van der Waals surface area contributed by atoms with Crippen LogP contribution in [0.15, 0.2) is 78.9 Å². The second-order valence-corrected chi connectivity index (χ2v) is 8.31. The van der Waals surface area contributed by atoms with Crippen LogP contribution in [0, 0.1) is 12.7 Å². The van der Waals surface area contributed by atoms with Gasteiger partial charge in [-0.2, -0.15) is 0 Å². The number of nitrogens with one attached hydrogen (secondary N) is 1. The Bertz CT molecular complexity index is 1030. The number of halogens is 1. The molecule has 5 heteroatoms. The minimum Gasteiger partial charge on any atom is -0.350 e. The Labute approximate surface area is 195 Å². The molecule has 1 atom stereocenters. The molecule has 3 rings (SSSR count). The Morgan fingerprint density at radius 2 is 1.52 bits per heavy atom. The van der Waals surface area contributed by atoms with Gasteiger partial charge < -0.3 is 10.2 Å². The maximum atomic E-state index is 13.4. The number of carbonyl (C=O) groups excluding carboxylic acids is 2. The topological polar surface area (TPSA) is 49.4 Å². The van der Waals surface area contributed by atoms with Crippen LogP contribution in [0.3, 0.4) is 0 Å². The van der Waals surface area contributed by atoms with Gasteiger partial charge in [-0.3, -0.25) is 9.59 Å². The minimum atomic E-state index is -0.679. The molecule has 0 bridgehead atoms. The second kappa shape index (κ2) is 12.0. The fraction of sp³-hybridized carbons (Fsp3) is 0.286. The number of nitrogens with zero attached hydrogens (tertiary/aromatic N) is 1. The molecule has 0 aromatic heterocycles. The average Bonchev–Trinajstić information content (AvgIpc) is 2.82. The van der Waals surface area contributed by atoms with Crippen LogP contribution >= 0.6 is 0 Å². The van der Waals surface area contributed by atoms with E-state index in [0.717, 1.165) is 22.3 Å². The highest BCUT2D eigenvalue weighted by Gasteiger charge is 2.29. The van der Waals surface area contributed by atoms with Gasteiger partial charge in [0.25, 0.3) is 0 Å². The van der Waals surface area contributed by atoms with Gasteiger partial charge in [-0.05, 0) is 42.2 Å². The lowest BCUT2D eigenvalue weighted by Gasteiger charge is -2.31. The molecule has 0 aliphatic carbocycles. The number of carbonyl (C=O) groups is 2. The summed E-state index contributed by atoms with van der Waals surface area (Å²) in [6.07, 6.45) is 1.43. The Balaban J connectivity index is 1.86. The van der Waals surface area contributed by atoms with Crippen LogP contribution in [0.5, 0.6) is 0 Å². The Morgan fingerprint density at radius 3 is 2.15 bits per heavy atom. The van der Waals surface area contributed by atoms with Crippen LogP contribution in [-0.4, -0.2) is 22.8 Å². The second-order valence-electron chi connectivity index (χ2n) is 8.31. The predicted molar refractivity (Wildman–Crippen MR) is 129 cm³/mol. The van der Waals surface area contributed by atoms with Crippen molar-refractivity contribution in [3.63, 3.8) is 0 Å². The average molecular weight is 447 g/mol. The molecule has 0 heterocycles. The third kappa shape index (κ3) is 7.28. The first-order valence-corrected chi connectivity index (χ1v) is 11.4. The third-order valence-corrected chi connectivity index (χ3v) is 5.59. The maximum absolute atomic E-state index is 13.4. The molecule has 1 N–H and O–H groups in total. The van der Waals surface area contributed by atoms with Crippen molar-refractivity contribution >= 4 is 11.8 Å². The molecule has 0 spiro atoms. The quantitative estimate of drug-likeness (QED) is 0.466. The molecule has 0 aliphatic heterocycles. The SMILES string of the molecule is CCCC(=O)N(Cc1ccc(F)cc1)C(Cc1ccccc1)C(=O)NCc1ccc(C)cc1. The van der Waals surface area contributed by atoms with E-state index >= 15 is 0 Å². The van der Waals surface area contributed by atoms with Crippen molar-refractivity contribution in [2.75, 3.05) is 0 Å². The summed E-state index contributed by atoms with van der Waals surface area (Å²) in [5, 5.41) is 3.02. The molecule has 3 aromatic carbocycles. The monoisotopic (exact) mass is 446 g/mol. The van der Waals surface area contributed by atoms with E-state index in [0.29, 0.717) is 25.8 Å². The Morgan fingerprint density at radius 1 is 0.879 bits per heavy atom. The summed E-state index contributed by atoms with van der Waals surface area (Å²) in [5.41, 5.74) is 3.91. The molecule has 0 saturated carbocycles. The normalized spacial score (nSPS) is 11.6. The van der Waals surface area contributed by atoms with Crippen molar-refractivity contribution in [3.8, 4) is 0 Å². The summed E-state index contributed by atoms with van der Waals surface area (Å²) in [6.45, 7) is 4.59. The zero-order valence-electron chi connectivity index (χ0n) is 19.3. The zero-order valence-corrected chi connectivity index (χ0v) is 19.3. The van der Waals surface area contributed by atoms with Crippen LogP contribution < -0.4 is 5.32 Å². The Kier molecular flexibility index (Phi) is 8.76. The molecule has 3 aromatic rings. The van der Waals surface area contributed by atoms with Crippen molar-refractivity contribution in [1.29, 1.82) is 0 Å². The number of rotatable bonds is 10. The summed E-state index contributed by atoms with van der Waals surface area (Å²) in [4.78, 5) is 28.2. The fourth-order valence-corrected chi connectivity index (χ4v) is 3.71. The molecule has 2 amide bonds. The van der Waals surface area contributed by atoms with E-state index < -0.39 is 6.04 Å². The van der Waals surface area contributed by atoms with Crippen LogP contribution in [0.2, 0.25) is 0 Å². The highest BCUT2D eigenvalue weighted by molar-refractivity contribution is 5.88. The van der Waals surface area contributed by atoms with Gasteiger partial charge in [-0.25, -0.2) is 4.39 Å². The van der Waals surface area contributed by atoms with E-state index in [2.05, 4.69) is 5.32 Å². The molecule has 0 aliphatic rings. The summed E-state index contributed by atoms with van der Waals surface area (Å²) >= 11 is 0. The lowest BCUT2D eigenvalue weighted by Crippen LogP contribution is -2.50. The van der Waals surface area contributed by atoms with E-state index in [1.807, 2.05) is 68.4 Å². The van der Waals surface area contributed by atoms with Gasteiger partial charge in [0.2, 0.25) is 11.8 Å². The first-order valence-electron chi connectivity index (χ1n) is 11.4. The molecular weight excluding hydrogens is 415 g/mol. The number of aryl methyl sites for hydroxylation is 1. The highest BCUT2D eigenvalue weighted by atomic mass is 19.1. The maximum Gasteiger partial charge on any atom is 0.243 e. The minimum absolute atomic E-state index is 0.0896. The Hall–Kier alpha value is -3.47. The van der Waals surface area contributed by atoms with Gasteiger partial charge in [-0.1, -0.05) is 79.2 Å². The van der Waals surface area contributed by atoms with Crippen LogP contribution in [-0.2, 0) is 29.1 Å². The van der Waals surface area contributed by atoms with Gasteiger partial charge in [-0.15, -0.1) is 0 Å². The third-order valence-electron chi connectivity index (χ3n) is 5.59. The van der Waals surface area contributed by atoms with Gasteiger partial charge >= 0.3 is 0 Å². The van der Waals surface area contributed by atoms with E-state index in [1.54, 1.807) is 17.0 Å². The lowest BCUT2D eigenvalue weighted by molar-refractivity contribution is -0.141. The highest BCUT2D eigenvalue weighted by Crippen LogP contribution is 2.17. The van der Waals surface area contributed by atoms with Crippen molar-refractivity contribution in [2.45, 2.75) is 52.2 Å². The lowest BCUT2D eigenvalue weighted by atomic mass is 10.0. The van der Waals surface area contributed by atoms with E-state index in [9.17, 15) is 14.0 Å². The van der Waals surface area contributed by atoms with Gasteiger partial charge in [0.05, 0.1) is 0 Å². The van der Waals surface area contributed by atoms with Crippen LogP contribution in [0.1, 0.15) is 42.0 Å². The predicted octanol–water partition coefficient (Wildman–Crippen LogP) is 5.19. The molecule has 0 fully saturated rings. The fourth-order valence-electron chi connectivity index (χ4n) is 3.71. The van der Waals surface area contributed by atoms with E-state index in [1.165, 1.54) is 12.1 Å². The van der Waals surface area contributed by atoms with Crippen molar-refractivity contribution in [3.05, 3.63) is 107 Å². The summed E-state index contributed by atoms with van der Waals surface area (Å²) < 4.78 is 13.4. The van der Waals surface area contributed by atoms with Crippen molar-refractivity contribution in [2.24, 2.45) is 0 Å². The van der Waals surface area contributed by atoms with E-state index in [-0.39, 0.29) is 24.2 Å². The van der Waals surface area contributed by atoms with Gasteiger partial charge in [0.1, 0.15) is 11.9 Å². The molecule has 1 unspecified atom stereocenters. The molecule has 0 radical (unpaired) electrons. The van der Waals surface area contributed by atoms with Crippen molar-refractivity contribution in [1.82, 2.24) is 10.2 Å². The van der Waals surface area contributed by atoms with Gasteiger partial charge in [0.15, 0.2) is 0 Å². The van der Waals surface area contributed by atoms with Crippen LogP contribution in [0.4, 0.5) is 4.39 Å². The van der Waals surface area contributed by atoms with Gasteiger partial charge in [0, 0.05) is 25.9 Å². The molecule has 33 heavy (non-hydrogen) atoms. The summed E-state index contributed by atoms with van der Waals surface area (Å²) in [5.74, 6) is -0.624. The zero-order chi connectivity index (χ0) is 23.6. The van der Waals surface area contributed by atoms with E-state index in [4.69, 9.17) is 0 Å². The number of hydrogen-bond donors (Lipinski definition) is 1. The standard InChI is InChI=1S/C28H31FN2O2/c1-3-7-27(32)31(20-24-14-16-25(29)17-15-24)26(18-22-8-5-4-6-9-22)28(33)30-19-23-12-10-21(2)11-13-23/h4-6,8-17,26H,3,7,18-20H2,1-2H3,(H,30,33). The van der Waals surface area contributed by atoms with Crippen LogP contribution in [0.25, 0.3) is 0 Å². The molecule has 172 valence electrons. The van der Waals surface area contributed by atoms with Crippen molar-refractivity contribution < 1.29 is 14.0 Å². The molecular formula is C28H31FN2O2. The number of amides is 2. The first kappa shape index (κ1) is 24.2.